The topological polar surface area (TPSA) is 43.4 Å². The molecule has 160 valence electrons. The zero-order valence-electron chi connectivity index (χ0n) is 18.0. The first-order chi connectivity index (χ1) is 14.8. The Hall–Kier alpha value is -1.75. The molecule has 1 aromatic carbocycles. The fraction of sp³-hybridized carbons (Fsp3) is 0.577. The lowest BCUT2D eigenvalue weighted by atomic mass is 9.68. The number of fused-ring (bicyclic) bond motifs is 1. The number of rotatable bonds is 6. The number of nitrogens with one attached hydrogen (secondary N) is 1. The summed E-state index contributed by atoms with van der Waals surface area (Å²) in [4.78, 5) is 4.80. The third-order valence-corrected chi connectivity index (χ3v) is 7.51. The molecule has 3 aliphatic rings. The third kappa shape index (κ3) is 4.05. The lowest BCUT2D eigenvalue weighted by Crippen LogP contribution is -2.49. The number of pyridine rings is 1. The molecule has 2 fully saturated rings. The average Bonchev–Trinajstić information content (AvgIpc) is 3.24. The summed E-state index contributed by atoms with van der Waals surface area (Å²) >= 11 is 0. The smallest absolute Gasteiger partial charge is 0.0945 e. The van der Waals surface area contributed by atoms with Gasteiger partial charge in [-0.1, -0.05) is 24.3 Å². The molecule has 0 radical (unpaired) electrons. The zero-order chi connectivity index (χ0) is 20.3. The first-order valence-electron chi connectivity index (χ1n) is 11.7. The van der Waals surface area contributed by atoms with E-state index in [1.165, 1.54) is 36.9 Å². The van der Waals surface area contributed by atoms with Gasteiger partial charge < -0.3 is 14.8 Å². The zero-order valence-corrected chi connectivity index (χ0v) is 18.0. The van der Waals surface area contributed by atoms with E-state index in [1.807, 2.05) is 12.3 Å². The van der Waals surface area contributed by atoms with Crippen LogP contribution in [-0.2, 0) is 34.3 Å². The maximum atomic E-state index is 6.27. The molecule has 0 bridgehead atoms. The molecule has 1 aromatic heterocycles. The molecule has 2 aliphatic heterocycles. The van der Waals surface area contributed by atoms with Gasteiger partial charge in [0.25, 0.3) is 0 Å². The van der Waals surface area contributed by atoms with Gasteiger partial charge in [-0.15, -0.1) is 0 Å². The van der Waals surface area contributed by atoms with Gasteiger partial charge in [-0.25, -0.2) is 0 Å². The van der Waals surface area contributed by atoms with Crippen LogP contribution in [-0.4, -0.2) is 37.0 Å². The van der Waals surface area contributed by atoms with Crippen molar-refractivity contribution in [3.8, 4) is 0 Å². The summed E-state index contributed by atoms with van der Waals surface area (Å²) in [6.07, 6.45) is 11.2. The Morgan fingerprint density at radius 2 is 1.97 bits per heavy atom. The number of aromatic nitrogens is 1. The summed E-state index contributed by atoms with van der Waals surface area (Å²) in [5.74, 6) is 0. The van der Waals surface area contributed by atoms with Crippen LogP contribution in [0.2, 0.25) is 0 Å². The monoisotopic (exact) mass is 406 g/mol. The highest BCUT2D eigenvalue weighted by Gasteiger charge is 2.49. The summed E-state index contributed by atoms with van der Waals surface area (Å²) in [7, 11) is 0. The molecular formula is C26H34N2O2. The van der Waals surface area contributed by atoms with Crippen LogP contribution in [0.4, 0.5) is 0 Å². The van der Waals surface area contributed by atoms with Gasteiger partial charge in [0.1, 0.15) is 0 Å². The van der Waals surface area contributed by atoms with Crippen molar-refractivity contribution in [3.05, 3.63) is 65.0 Å². The number of hydrogen-bond donors (Lipinski definition) is 1. The third-order valence-electron chi connectivity index (χ3n) is 7.51. The van der Waals surface area contributed by atoms with Crippen LogP contribution in [0, 0.1) is 0 Å². The van der Waals surface area contributed by atoms with E-state index in [4.69, 9.17) is 14.5 Å². The van der Waals surface area contributed by atoms with Crippen LogP contribution < -0.4 is 5.32 Å². The van der Waals surface area contributed by atoms with Gasteiger partial charge in [-0.2, -0.15) is 0 Å². The minimum absolute atomic E-state index is 0.0658. The Kier molecular flexibility index (Phi) is 5.90. The highest BCUT2D eigenvalue weighted by molar-refractivity contribution is 5.37. The van der Waals surface area contributed by atoms with Gasteiger partial charge in [0.15, 0.2) is 0 Å². The fourth-order valence-electron chi connectivity index (χ4n) is 5.87. The number of aryl methyl sites for hydroxylation is 1. The second kappa shape index (κ2) is 8.78. The Morgan fingerprint density at radius 3 is 2.83 bits per heavy atom. The molecule has 1 N–H and O–H groups in total. The van der Waals surface area contributed by atoms with Crippen molar-refractivity contribution in [1.82, 2.24) is 10.3 Å². The van der Waals surface area contributed by atoms with Crippen molar-refractivity contribution in [2.24, 2.45) is 0 Å². The lowest BCUT2D eigenvalue weighted by Gasteiger charge is -2.45. The molecule has 5 rings (SSSR count). The predicted octanol–water partition coefficient (Wildman–Crippen LogP) is 4.35. The number of hydrogen-bond acceptors (Lipinski definition) is 4. The van der Waals surface area contributed by atoms with Crippen LogP contribution in [0.25, 0.3) is 0 Å². The lowest BCUT2D eigenvalue weighted by molar-refractivity contribution is -0.109. The second-order valence-electron chi connectivity index (χ2n) is 9.44. The normalized spacial score (nSPS) is 28.5. The van der Waals surface area contributed by atoms with Crippen LogP contribution in [0.15, 0.2) is 42.6 Å². The summed E-state index contributed by atoms with van der Waals surface area (Å²) < 4.78 is 12.0. The van der Waals surface area contributed by atoms with E-state index in [0.717, 1.165) is 58.6 Å². The molecular weight excluding hydrogens is 372 g/mol. The Labute approximate surface area is 180 Å². The molecule has 4 heteroatoms. The highest BCUT2D eigenvalue weighted by atomic mass is 16.6. The van der Waals surface area contributed by atoms with Crippen molar-refractivity contribution in [1.29, 1.82) is 0 Å². The van der Waals surface area contributed by atoms with E-state index in [9.17, 15) is 0 Å². The van der Waals surface area contributed by atoms with Crippen LogP contribution in [0.1, 0.15) is 60.9 Å². The van der Waals surface area contributed by atoms with Gasteiger partial charge in [-0.3, -0.25) is 4.98 Å². The molecule has 0 saturated carbocycles. The summed E-state index contributed by atoms with van der Waals surface area (Å²) in [6.45, 7) is 4.30. The predicted molar refractivity (Wildman–Crippen MR) is 119 cm³/mol. The van der Waals surface area contributed by atoms with Crippen molar-refractivity contribution >= 4 is 0 Å². The second-order valence-corrected chi connectivity index (χ2v) is 9.44. The summed E-state index contributed by atoms with van der Waals surface area (Å²) in [5, 5.41) is 3.77. The molecule has 30 heavy (non-hydrogen) atoms. The van der Waals surface area contributed by atoms with Crippen molar-refractivity contribution in [2.45, 2.75) is 68.9 Å². The minimum atomic E-state index is -0.117. The molecule has 2 atom stereocenters. The number of nitrogens with zero attached hydrogens (tertiary/aromatic N) is 1. The van der Waals surface area contributed by atoms with E-state index >= 15 is 0 Å². The molecule has 2 saturated heterocycles. The number of benzene rings is 1. The van der Waals surface area contributed by atoms with Crippen LogP contribution in [0.3, 0.4) is 0 Å². The largest absolute Gasteiger partial charge is 0.378 e. The van der Waals surface area contributed by atoms with Gasteiger partial charge in [0.2, 0.25) is 0 Å². The van der Waals surface area contributed by atoms with Crippen molar-refractivity contribution in [2.75, 3.05) is 26.4 Å². The molecule has 2 aromatic rings. The molecule has 0 amide bonds. The van der Waals surface area contributed by atoms with Crippen LogP contribution >= 0.6 is 0 Å². The average molecular weight is 407 g/mol. The molecule has 4 nitrogen and oxygen atoms in total. The Balaban J connectivity index is 1.28. The Bertz CT molecular complexity index is 847. The first kappa shape index (κ1) is 20.2. The maximum absolute atomic E-state index is 6.27. The molecule has 3 heterocycles. The molecule has 0 unspecified atom stereocenters. The number of ether oxygens (including phenoxy) is 2. The van der Waals surface area contributed by atoms with E-state index in [-0.39, 0.29) is 11.0 Å². The van der Waals surface area contributed by atoms with Crippen LogP contribution in [0.5, 0.6) is 0 Å². The van der Waals surface area contributed by atoms with E-state index < -0.39 is 0 Å². The summed E-state index contributed by atoms with van der Waals surface area (Å²) in [6, 6.07) is 13.2. The minimum Gasteiger partial charge on any atom is -0.378 e. The van der Waals surface area contributed by atoms with E-state index in [0.29, 0.717) is 0 Å². The standard InChI is InChI=1S/C26H34N2O2/c1-2-9-23-21(6-1)7-5-8-22(23)18-27-15-11-25(24-10-3-4-14-28-24)12-17-30-26(19-25)13-16-29-20-26/h3-5,7-8,10,14,27H,1-2,6,9,11-13,15-20H2/t25-,26-/m1/s1. The molecule has 1 spiro atoms. The van der Waals surface area contributed by atoms with Crippen molar-refractivity contribution in [3.63, 3.8) is 0 Å². The molecule has 1 aliphatic carbocycles. The van der Waals surface area contributed by atoms with Crippen molar-refractivity contribution < 1.29 is 9.47 Å². The maximum Gasteiger partial charge on any atom is 0.0945 e. The van der Waals surface area contributed by atoms with Gasteiger partial charge in [-0.05, 0) is 80.3 Å². The van der Waals surface area contributed by atoms with Gasteiger partial charge in [0, 0.05) is 43.5 Å². The highest BCUT2D eigenvalue weighted by Crippen LogP contribution is 2.46. The SMILES string of the molecule is c1ccc([C@]2(CCNCc3cccc4c3CCCC4)CCO[C@]3(CCOC3)C2)nc1. The summed E-state index contributed by atoms with van der Waals surface area (Å²) in [5.41, 5.74) is 5.83. The Morgan fingerprint density at radius 1 is 1.00 bits per heavy atom. The first-order valence-corrected chi connectivity index (χ1v) is 11.7. The quantitative estimate of drug-likeness (QED) is 0.725. The van der Waals surface area contributed by atoms with Gasteiger partial charge in [0.05, 0.1) is 12.2 Å². The van der Waals surface area contributed by atoms with E-state index in [1.54, 1.807) is 11.1 Å². The van der Waals surface area contributed by atoms with Gasteiger partial charge >= 0.3 is 0 Å². The van der Waals surface area contributed by atoms with E-state index in [2.05, 4.69) is 35.6 Å². The fourth-order valence-corrected chi connectivity index (χ4v) is 5.87.